The van der Waals surface area contributed by atoms with Crippen LogP contribution in [0.15, 0.2) is 29.1 Å². The highest BCUT2D eigenvalue weighted by atomic mass is 19.4. The Kier molecular flexibility index (Phi) is 4.16. The largest absolute Gasteiger partial charge is 0.472 e. The molecule has 24 heavy (non-hydrogen) atoms. The summed E-state index contributed by atoms with van der Waals surface area (Å²) in [6.07, 6.45) is -1.72. The summed E-state index contributed by atoms with van der Waals surface area (Å²) >= 11 is 0. The van der Waals surface area contributed by atoms with Crippen molar-refractivity contribution in [2.75, 3.05) is 31.1 Å². The summed E-state index contributed by atoms with van der Waals surface area (Å²) < 4.78 is 43.5. The van der Waals surface area contributed by atoms with Crippen molar-refractivity contribution in [1.29, 1.82) is 0 Å². The van der Waals surface area contributed by atoms with E-state index in [1.165, 1.54) is 19.5 Å². The van der Waals surface area contributed by atoms with Crippen molar-refractivity contribution in [3.63, 3.8) is 0 Å². The van der Waals surface area contributed by atoms with E-state index in [-0.39, 0.29) is 17.5 Å². The summed E-state index contributed by atoms with van der Waals surface area (Å²) in [4.78, 5) is 23.2. The lowest BCUT2D eigenvalue weighted by Crippen LogP contribution is -2.49. The second-order valence-corrected chi connectivity index (χ2v) is 5.48. The fraction of sp³-hybridized carbons (Fsp3) is 0.400. The van der Waals surface area contributed by atoms with Crippen molar-refractivity contribution < 1.29 is 22.4 Å². The molecule has 6 nitrogen and oxygen atoms in total. The van der Waals surface area contributed by atoms with Crippen LogP contribution in [0.4, 0.5) is 19.1 Å². The van der Waals surface area contributed by atoms with Gasteiger partial charge in [-0.15, -0.1) is 0 Å². The molecule has 1 aliphatic rings. The molecular formula is C15H15F3N4O2. The molecule has 1 saturated heterocycles. The number of aromatic nitrogens is 2. The summed E-state index contributed by atoms with van der Waals surface area (Å²) in [6.45, 7) is 2.99. The van der Waals surface area contributed by atoms with E-state index >= 15 is 0 Å². The van der Waals surface area contributed by atoms with Gasteiger partial charge in [0, 0.05) is 31.9 Å². The molecule has 3 heterocycles. The smallest absolute Gasteiger partial charge is 0.433 e. The predicted molar refractivity (Wildman–Crippen MR) is 78.6 cm³/mol. The lowest BCUT2D eigenvalue weighted by molar-refractivity contribution is -0.141. The molecule has 0 aromatic carbocycles. The molecule has 128 valence electrons. The average molecular weight is 340 g/mol. The van der Waals surface area contributed by atoms with Crippen molar-refractivity contribution in [3.8, 4) is 0 Å². The number of aryl methyl sites for hydroxylation is 1. The fourth-order valence-electron chi connectivity index (χ4n) is 2.52. The summed E-state index contributed by atoms with van der Waals surface area (Å²) in [6, 6.07) is 2.50. The molecular weight excluding hydrogens is 325 g/mol. The molecule has 1 fully saturated rings. The van der Waals surface area contributed by atoms with Crippen LogP contribution in [0.3, 0.4) is 0 Å². The monoisotopic (exact) mass is 340 g/mol. The average Bonchev–Trinajstić information content (AvgIpc) is 3.07. The SMILES string of the molecule is Cc1cc(C(F)(F)F)nc(N2CCN(C(=O)c3ccoc3)CC2)n1. The number of furan rings is 1. The first-order valence-electron chi connectivity index (χ1n) is 7.34. The van der Waals surface area contributed by atoms with E-state index in [4.69, 9.17) is 4.42 Å². The minimum absolute atomic E-state index is 0.0396. The van der Waals surface area contributed by atoms with Crippen molar-refractivity contribution in [3.05, 3.63) is 41.6 Å². The van der Waals surface area contributed by atoms with Crippen molar-refractivity contribution in [2.45, 2.75) is 13.1 Å². The molecule has 0 bridgehead atoms. The summed E-state index contributed by atoms with van der Waals surface area (Å²) in [5.74, 6) is -0.123. The second kappa shape index (κ2) is 6.14. The van der Waals surface area contributed by atoms with E-state index < -0.39 is 11.9 Å². The highest BCUT2D eigenvalue weighted by molar-refractivity contribution is 5.93. The van der Waals surface area contributed by atoms with Gasteiger partial charge in [0.05, 0.1) is 11.8 Å². The second-order valence-electron chi connectivity index (χ2n) is 5.48. The molecule has 0 N–H and O–H groups in total. The van der Waals surface area contributed by atoms with Gasteiger partial charge >= 0.3 is 6.18 Å². The molecule has 0 aliphatic carbocycles. The van der Waals surface area contributed by atoms with Gasteiger partial charge in [0.1, 0.15) is 12.0 Å². The molecule has 0 atom stereocenters. The Balaban J connectivity index is 1.71. The molecule has 0 spiro atoms. The third-order valence-corrected chi connectivity index (χ3v) is 3.75. The summed E-state index contributed by atoms with van der Waals surface area (Å²) in [7, 11) is 0. The topological polar surface area (TPSA) is 62.5 Å². The van der Waals surface area contributed by atoms with Gasteiger partial charge < -0.3 is 14.2 Å². The quantitative estimate of drug-likeness (QED) is 0.840. The van der Waals surface area contributed by atoms with Crippen LogP contribution in [0.25, 0.3) is 0 Å². The molecule has 0 saturated carbocycles. The first-order chi connectivity index (χ1) is 11.3. The number of halogens is 3. The zero-order valence-electron chi connectivity index (χ0n) is 12.9. The molecule has 3 rings (SSSR count). The van der Waals surface area contributed by atoms with E-state index in [1.54, 1.807) is 15.9 Å². The normalized spacial score (nSPS) is 15.7. The van der Waals surface area contributed by atoms with Gasteiger partial charge in [0.15, 0.2) is 0 Å². The predicted octanol–water partition coefficient (Wildman–Crippen LogP) is 2.36. The lowest BCUT2D eigenvalue weighted by Gasteiger charge is -2.34. The van der Waals surface area contributed by atoms with Gasteiger partial charge in [-0.05, 0) is 19.1 Å². The fourth-order valence-corrected chi connectivity index (χ4v) is 2.52. The Morgan fingerprint density at radius 3 is 2.50 bits per heavy atom. The minimum Gasteiger partial charge on any atom is -0.472 e. The van der Waals surface area contributed by atoms with Gasteiger partial charge in [-0.1, -0.05) is 0 Å². The van der Waals surface area contributed by atoms with Crippen LogP contribution in [-0.4, -0.2) is 47.0 Å². The van der Waals surface area contributed by atoms with E-state index in [9.17, 15) is 18.0 Å². The maximum absolute atomic E-state index is 12.9. The Bertz CT molecular complexity index is 723. The van der Waals surface area contributed by atoms with E-state index in [0.29, 0.717) is 31.7 Å². The van der Waals surface area contributed by atoms with Crippen LogP contribution >= 0.6 is 0 Å². The summed E-state index contributed by atoms with van der Waals surface area (Å²) in [5, 5.41) is 0. The Morgan fingerprint density at radius 1 is 1.21 bits per heavy atom. The summed E-state index contributed by atoms with van der Waals surface area (Å²) in [5.41, 5.74) is -0.249. The number of carbonyl (C=O) groups excluding carboxylic acids is 1. The number of carbonyl (C=O) groups is 1. The molecule has 1 aliphatic heterocycles. The van der Waals surface area contributed by atoms with Crippen LogP contribution in [0, 0.1) is 6.92 Å². The number of rotatable bonds is 2. The van der Waals surface area contributed by atoms with Crippen molar-refractivity contribution in [1.82, 2.24) is 14.9 Å². The first kappa shape index (κ1) is 16.3. The Labute approximate surface area is 135 Å². The zero-order chi connectivity index (χ0) is 17.3. The standard InChI is InChI=1S/C15H15F3N4O2/c1-10-8-12(15(16,17)18)20-14(19-10)22-5-3-21(4-6-22)13(23)11-2-7-24-9-11/h2,7-9H,3-6H2,1H3. The maximum atomic E-state index is 12.9. The van der Waals surface area contributed by atoms with Gasteiger partial charge in [0.2, 0.25) is 5.95 Å². The molecule has 1 amide bonds. The van der Waals surface area contributed by atoms with Crippen molar-refractivity contribution >= 4 is 11.9 Å². The number of alkyl halides is 3. The van der Waals surface area contributed by atoms with Crippen LogP contribution < -0.4 is 4.90 Å². The minimum atomic E-state index is -4.51. The first-order valence-corrected chi connectivity index (χ1v) is 7.34. The van der Waals surface area contributed by atoms with Gasteiger partial charge in [-0.3, -0.25) is 4.79 Å². The molecule has 2 aromatic rings. The Hall–Kier alpha value is -2.58. The van der Waals surface area contributed by atoms with Crippen LogP contribution in [-0.2, 0) is 6.18 Å². The zero-order valence-corrected chi connectivity index (χ0v) is 12.9. The maximum Gasteiger partial charge on any atom is 0.433 e. The number of anilines is 1. The third kappa shape index (κ3) is 3.34. The van der Waals surface area contributed by atoms with Gasteiger partial charge in [0.25, 0.3) is 5.91 Å². The number of hydrogen-bond donors (Lipinski definition) is 0. The van der Waals surface area contributed by atoms with Crippen LogP contribution in [0.1, 0.15) is 21.7 Å². The molecule has 0 unspecified atom stereocenters. The van der Waals surface area contributed by atoms with Crippen LogP contribution in [0.2, 0.25) is 0 Å². The Morgan fingerprint density at radius 2 is 1.92 bits per heavy atom. The number of hydrogen-bond acceptors (Lipinski definition) is 5. The van der Waals surface area contributed by atoms with Gasteiger partial charge in [-0.2, -0.15) is 13.2 Å². The molecule has 0 radical (unpaired) electrons. The highest BCUT2D eigenvalue weighted by Crippen LogP contribution is 2.29. The van der Waals surface area contributed by atoms with Crippen molar-refractivity contribution in [2.24, 2.45) is 0 Å². The lowest BCUT2D eigenvalue weighted by atomic mass is 10.2. The number of nitrogens with zero attached hydrogens (tertiary/aromatic N) is 4. The van der Waals surface area contributed by atoms with E-state index in [2.05, 4.69) is 9.97 Å². The van der Waals surface area contributed by atoms with Gasteiger partial charge in [-0.25, -0.2) is 9.97 Å². The number of amides is 1. The molecule has 2 aromatic heterocycles. The third-order valence-electron chi connectivity index (χ3n) is 3.75. The highest BCUT2D eigenvalue weighted by Gasteiger charge is 2.34. The number of piperazine rings is 1. The van der Waals surface area contributed by atoms with E-state index in [0.717, 1.165) is 6.07 Å². The van der Waals surface area contributed by atoms with E-state index in [1.807, 2.05) is 0 Å². The molecule has 9 heteroatoms. The van der Waals surface area contributed by atoms with Crippen LogP contribution in [0.5, 0.6) is 0 Å².